The first-order valence-electron chi connectivity index (χ1n) is 11.2. The summed E-state index contributed by atoms with van der Waals surface area (Å²) in [6, 6.07) is 6.72. The Morgan fingerprint density at radius 2 is 1.84 bits per heavy atom. The van der Waals surface area contributed by atoms with Crippen molar-refractivity contribution in [2.45, 2.75) is 76.5 Å². The van der Waals surface area contributed by atoms with Crippen LogP contribution in [0.4, 0.5) is 0 Å². The Labute approximate surface area is 182 Å². The number of hydrogen-bond acceptors (Lipinski definition) is 4. The number of hydrogen-bond donors (Lipinski definition) is 5. The van der Waals surface area contributed by atoms with Crippen LogP contribution in [0.15, 0.2) is 30.5 Å². The molecule has 1 fully saturated rings. The number of fused-ring (bicyclic) bond motifs is 1. The van der Waals surface area contributed by atoms with Crippen LogP contribution in [0.1, 0.15) is 57.4 Å². The number of nitrogens with one attached hydrogen (secondary N) is 4. The van der Waals surface area contributed by atoms with Crippen molar-refractivity contribution in [3.05, 3.63) is 36.0 Å². The molecule has 0 spiro atoms. The van der Waals surface area contributed by atoms with Gasteiger partial charge >= 0.3 is 0 Å². The molecule has 0 bridgehead atoms. The summed E-state index contributed by atoms with van der Waals surface area (Å²) < 4.78 is 0. The number of carbonyl (C=O) groups excluding carboxylic acids is 3. The maximum atomic E-state index is 12.6. The summed E-state index contributed by atoms with van der Waals surface area (Å²) in [5.74, 6) is -0.394. The summed E-state index contributed by atoms with van der Waals surface area (Å²) in [5, 5.41) is 9.53. The molecule has 8 nitrogen and oxygen atoms in total. The maximum absolute atomic E-state index is 12.6. The maximum Gasteiger partial charge on any atom is 0.243 e. The SMILES string of the molecule is CCCCCC(=O)NC(N)CCC[C@@H]1NC(=O)[C@H](Cc2c[nH]c3ccccc23)NC1=O. The second-order valence-electron chi connectivity index (χ2n) is 8.25. The van der Waals surface area contributed by atoms with E-state index in [1.165, 1.54) is 0 Å². The Kier molecular flexibility index (Phi) is 8.06. The number of H-pyrrole nitrogens is 1. The molecular weight excluding hydrogens is 394 g/mol. The van der Waals surface area contributed by atoms with Gasteiger partial charge in [-0.1, -0.05) is 38.0 Å². The smallest absolute Gasteiger partial charge is 0.243 e. The minimum atomic E-state index is -0.590. The molecule has 3 rings (SSSR count). The van der Waals surface area contributed by atoms with E-state index in [0.717, 1.165) is 35.7 Å². The summed E-state index contributed by atoms with van der Waals surface area (Å²) in [5.41, 5.74) is 7.98. The van der Waals surface area contributed by atoms with Crippen molar-refractivity contribution in [2.75, 3.05) is 0 Å². The second kappa shape index (κ2) is 10.9. The van der Waals surface area contributed by atoms with Crippen molar-refractivity contribution >= 4 is 28.6 Å². The van der Waals surface area contributed by atoms with Gasteiger partial charge in [-0.2, -0.15) is 0 Å². The number of benzene rings is 1. The van der Waals surface area contributed by atoms with E-state index < -0.39 is 18.2 Å². The molecule has 3 amide bonds. The van der Waals surface area contributed by atoms with Crippen molar-refractivity contribution in [1.82, 2.24) is 20.9 Å². The molecular formula is C23H33N5O3. The predicted molar refractivity (Wildman–Crippen MR) is 120 cm³/mol. The molecule has 1 aliphatic heterocycles. The zero-order valence-corrected chi connectivity index (χ0v) is 18.1. The Hall–Kier alpha value is -2.87. The number of aromatic nitrogens is 1. The van der Waals surface area contributed by atoms with E-state index in [-0.39, 0.29) is 17.7 Å². The van der Waals surface area contributed by atoms with Gasteiger partial charge in [0.05, 0.1) is 6.17 Å². The third-order valence-electron chi connectivity index (χ3n) is 5.73. The number of nitrogens with two attached hydrogens (primary N) is 1. The third kappa shape index (κ3) is 6.30. The highest BCUT2D eigenvalue weighted by Gasteiger charge is 2.33. The lowest BCUT2D eigenvalue weighted by atomic mass is 9.99. The van der Waals surface area contributed by atoms with Crippen LogP contribution in [0.5, 0.6) is 0 Å². The summed E-state index contributed by atoms with van der Waals surface area (Å²) >= 11 is 0. The van der Waals surface area contributed by atoms with E-state index in [0.29, 0.717) is 32.1 Å². The van der Waals surface area contributed by atoms with E-state index in [2.05, 4.69) is 27.9 Å². The Morgan fingerprint density at radius 1 is 1.10 bits per heavy atom. The van der Waals surface area contributed by atoms with Crippen LogP contribution in [0.25, 0.3) is 10.9 Å². The van der Waals surface area contributed by atoms with E-state index in [1.54, 1.807) is 0 Å². The minimum Gasteiger partial charge on any atom is -0.361 e. The van der Waals surface area contributed by atoms with E-state index in [9.17, 15) is 14.4 Å². The van der Waals surface area contributed by atoms with Crippen LogP contribution in [-0.4, -0.2) is 41.0 Å². The van der Waals surface area contributed by atoms with E-state index in [4.69, 9.17) is 5.73 Å². The highest BCUT2D eigenvalue weighted by molar-refractivity contribution is 5.97. The quantitative estimate of drug-likeness (QED) is 0.277. The van der Waals surface area contributed by atoms with Gasteiger partial charge in [0.25, 0.3) is 0 Å². The Bertz CT molecular complexity index is 910. The third-order valence-corrected chi connectivity index (χ3v) is 5.73. The molecule has 2 aromatic rings. The molecule has 1 saturated heterocycles. The van der Waals surface area contributed by atoms with Crippen molar-refractivity contribution in [3.8, 4) is 0 Å². The first-order valence-corrected chi connectivity index (χ1v) is 11.2. The summed E-state index contributed by atoms with van der Waals surface area (Å²) in [6.45, 7) is 2.09. The highest BCUT2D eigenvalue weighted by atomic mass is 16.2. The van der Waals surface area contributed by atoms with Crippen LogP contribution < -0.4 is 21.7 Å². The fraction of sp³-hybridized carbons (Fsp3) is 0.522. The van der Waals surface area contributed by atoms with Gasteiger partial charge in [0, 0.05) is 29.9 Å². The first-order chi connectivity index (χ1) is 15.0. The number of rotatable bonds is 11. The van der Waals surface area contributed by atoms with E-state index >= 15 is 0 Å². The number of para-hydroxylation sites is 1. The number of amides is 3. The Morgan fingerprint density at radius 3 is 2.65 bits per heavy atom. The fourth-order valence-electron chi connectivity index (χ4n) is 3.97. The molecule has 31 heavy (non-hydrogen) atoms. The van der Waals surface area contributed by atoms with Crippen LogP contribution in [0.3, 0.4) is 0 Å². The average molecular weight is 428 g/mol. The van der Waals surface area contributed by atoms with Crippen LogP contribution in [0, 0.1) is 0 Å². The van der Waals surface area contributed by atoms with Crippen molar-refractivity contribution in [1.29, 1.82) is 0 Å². The van der Waals surface area contributed by atoms with Gasteiger partial charge in [-0.3, -0.25) is 14.4 Å². The van der Waals surface area contributed by atoms with Gasteiger partial charge in [-0.25, -0.2) is 0 Å². The van der Waals surface area contributed by atoms with Gasteiger partial charge in [0.1, 0.15) is 12.1 Å². The summed E-state index contributed by atoms with van der Waals surface area (Å²) in [7, 11) is 0. The fourth-order valence-corrected chi connectivity index (χ4v) is 3.97. The molecule has 1 unspecified atom stereocenters. The number of unbranched alkanes of at least 4 members (excludes halogenated alkanes) is 2. The van der Waals surface area contributed by atoms with Gasteiger partial charge in [0.2, 0.25) is 17.7 Å². The zero-order chi connectivity index (χ0) is 22.2. The zero-order valence-electron chi connectivity index (χ0n) is 18.1. The summed E-state index contributed by atoms with van der Waals surface area (Å²) in [6.07, 6.45) is 6.99. The first kappa shape index (κ1) is 22.8. The molecule has 3 atom stereocenters. The highest BCUT2D eigenvalue weighted by Crippen LogP contribution is 2.20. The minimum absolute atomic E-state index is 0.0372. The molecule has 168 valence electrons. The van der Waals surface area contributed by atoms with Crippen LogP contribution in [-0.2, 0) is 20.8 Å². The number of carbonyl (C=O) groups is 3. The van der Waals surface area contributed by atoms with Gasteiger partial charge in [-0.15, -0.1) is 0 Å². The van der Waals surface area contributed by atoms with Crippen LogP contribution in [0.2, 0.25) is 0 Å². The number of aromatic amines is 1. The number of piperazine rings is 1. The topological polar surface area (TPSA) is 129 Å². The molecule has 2 heterocycles. The standard InChI is InChI=1S/C23H33N5O3/c1-2-3-4-12-21(29)28-20(24)11-7-10-18-22(30)27-19(23(31)26-18)13-15-14-25-17-9-6-5-8-16(15)17/h5-6,8-9,14,18-20,25H,2-4,7,10-13,24H2,1H3,(H,26,31)(H,27,30)(H,28,29)/t18-,19-,20?/m0/s1. The molecule has 0 aliphatic carbocycles. The largest absolute Gasteiger partial charge is 0.361 e. The van der Waals surface area contributed by atoms with Gasteiger partial charge < -0.3 is 26.7 Å². The molecule has 1 aromatic heterocycles. The molecule has 0 saturated carbocycles. The van der Waals surface area contributed by atoms with Gasteiger partial charge in [-0.05, 0) is 37.3 Å². The van der Waals surface area contributed by atoms with Gasteiger partial charge in [0.15, 0.2) is 0 Å². The molecule has 1 aliphatic rings. The lowest BCUT2D eigenvalue weighted by Gasteiger charge is -2.29. The lowest BCUT2D eigenvalue weighted by molar-refractivity contribution is -0.136. The molecule has 1 aromatic carbocycles. The van der Waals surface area contributed by atoms with Crippen molar-refractivity contribution < 1.29 is 14.4 Å². The second-order valence-corrected chi connectivity index (χ2v) is 8.25. The molecule has 0 radical (unpaired) electrons. The molecule has 6 N–H and O–H groups in total. The van der Waals surface area contributed by atoms with Crippen molar-refractivity contribution in [3.63, 3.8) is 0 Å². The Balaban J connectivity index is 1.42. The van der Waals surface area contributed by atoms with E-state index in [1.807, 2.05) is 30.5 Å². The lowest BCUT2D eigenvalue weighted by Crippen LogP contribution is -2.62. The summed E-state index contributed by atoms with van der Waals surface area (Å²) in [4.78, 5) is 40.1. The van der Waals surface area contributed by atoms with Crippen molar-refractivity contribution in [2.24, 2.45) is 5.73 Å². The van der Waals surface area contributed by atoms with Crippen LogP contribution >= 0.6 is 0 Å². The predicted octanol–water partition coefficient (Wildman–Crippen LogP) is 1.85. The molecule has 8 heteroatoms. The monoisotopic (exact) mass is 427 g/mol. The average Bonchev–Trinajstić information content (AvgIpc) is 3.14. The normalized spacial score (nSPS) is 19.7.